The van der Waals surface area contributed by atoms with Crippen molar-refractivity contribution in [2.24, 2.45) is 0 Å². The third-order valence-corrected chi connectivity index (χ3v) is 4.64. The molecule has 1 aliphatic heterocycles. The van der Waals surface area contributed by atoms with Crippen LogP contribution in [-0.2, 0) is 9.53 Å². The second kappa shape index (κ2) is 8.12. The second-order valence-electron chi connectivity index (χ2n) is 5.77. The molecule has 1 aliphatic rings. The Morgan fingerprint density at radius 3 is 2.40 bits per heavy atom. The highest BCUT2D eigenvalue weighted by Crippen LogP contribution is 2.22. The molecule has 0 radical (unpaired) electrons. The summed E-state index contributed by atoms with van der Waals surface area (Å²) in [5.41, 5.74) is 2.87. The molecule has 0 aromatic heterocycles. The molecule has 25 heavy (non-hydrogen) atoms. The predicted molar refractivity (Wildman–Crippen MR) is 100 cm³/mol. The molecule has 3 rings (SSSR count). The van der Waals surface area contributed by atoms with Crippen molar-refractivity contribution in [1.29, 1.82) is 0 Å². The van der Waals surface area contributed by atoms with Gasteiger partial charge in [-0.05, 0) is 41.8 Å². The van der Waals surface area contributed by atoms with Crippen LogP contribution in [-0.4, -0.2) is 36.5 Å². The third kappa shape index (κ3) is 4.57. The maximum absolute atomic E-state index is 12.2. The number of ether oxygens (including phenoxy) is 1. The van der Waals surface area contributed by atoms with E-state index in [0.29, 0.717) is 18.7 Å². The molecule has 0 fully saturated rings. The van der Waals surface area contributed by atoms with E-state index in [4.69, 9.17) is 4.74 Å². The zero-order chi connectivity index (χ0) is 17.6. The van der Waals surface area contributed by atoms with Crippen LogP contribution >= 0.6 is 15.9 Å². The molecule has 1 amide bonds. The Bertz CT molecular complexity index is 784. The molecule has 0 saturated carbocycles. The van der Waals surface area contributed by atoms with Crippen LogP contribution < -0.4 is 0 Å². The van der Waals surface area contributed by atoms with Crippen molar-refractivity contribution in [3.8, 4) is 0 Å². The van der Waals surface area contributed by atoms with Gasteiger partial charge in [0.05, 0.1) is 5.56 Å². The number of benzene rings is 2. The molecule has 0 unspecified atom stereocenters. The zero-order valence-electron chi connectivity index (χ0n) is 13.7. The summed E-state index contributed by atoms with van der Waals surface area (Å²) in [5.74, 6) is -0.660. The van der Waals surface area contributed by atoms with Crippen LogP contribution in [0.3, 0.4) is 0 Å². The largest absolute Gasteiger partial charge is 0.452 e. The molecule has 0 saturated heterocycles. The van der Waals surface area contributed by atoms with Gasteiger partial charge in [-0.2, -0.15) is 0 Å². The molecule has 5 heteroatoms. The Hall–Kier alpha value is -2.40. The molecule has 0 spiro atoms. The Morgan fingerprint density at radius 1 is 1.04 bits per heavy atom. The van der Waals surface area contributed by atoms with Gasteiger partial charge in [0, 0.05) is 17.6 Å². The van der Waals surface area contributed by atoms with Crippen LogP contribution in [0.2, 0.25) is 0 Å². The molecule has 4 nitrogen and oxygen atoms in total. The smallest absolute Gasteiger partial charge is 0.338 e. The lowest BCUT2D eigenvalue weighted by Gasteiger charge is -2.26. The number of rotatable bonds is 4. The van der Waals surface area contributed by atoms with Gasteiger partial charge < -0.3 is 9.64 Å². The van der Waals surface area contributed by atoms with E-state index in [1.165, 1.54) is 11.1 Å². The third-order valence-electron chi connectivity index (χ3n) is 4.11. The number of hydrogen-bond donors (Lipinski definition) is 0. The normalized spacial score (nSPS) is 14.0. The van der Waals surface area contributed by atoms with Gasteiger partial charge in [-0.1, -0.05) is 52.3 Å². The highest BCUT2D eigenvalue weighted by Gasteiger charge is 2.19. The summed E-state index contributed by atoms with van der Waals surface area (Å²) >= 11 is 3.31. The quantitative estimate of drug-likeness (QED) is 0.731. The average Bonchev–Trinajstić information content (AvgIpc) is 2.67. The Morgan fingerprint density at radius 2 is 1.76 bits per heavy atom. The fourth-order valence-corrected chi connectivity index (χ4v) is 2.96. The van der Waals surface area contributed by atoms with Crippen LogP contribution in [0, 0.1) is 0 Å². The predicted octanol–water partition coefficient (Wildman–Crippen LogP) is 3.92. The lowest BCUT2D eigenvalue weighted by molar-refractivity contribution is -0.134. The Kier molecular flexibility index (Phi) is 5.66. The molecular weight excluding hydrogens is 382 g/mol. The summed E-state index contributed by atoms with van der Waals surface area (Å²) < 4.78 is 6.01. The monoisotopic (exact) mass is 399 g/mol. The van der Waals surface area contributed by atoms with E-state index in [0.717, 1.165) is 10.9 Å². The average molecular weight is 400 g/mol. The van der Waals surface area contributed by atoms with Gasteiger partial charge in [-0.25, -0.2) is 4.79 Å². The number of carbonyl (C=O) groups excluding carboxylic acids is 2. The topological polar surface area (TPSA) is 46.6 Å². The first-order valence-electron chi connectivity index (χ1n) is 8.08. The zero-order valence-corrected chi connectivity index (χ0v) is 15.2. The summed E-state index contributed by atoms with van der Waals surface area (Å²) in [5, 5.41) is 0. The van der Waals surface area contributed by atoms with Crippen molar-refractivity contribution in [3.05, 3.63) is 76.3 Å². The first-order valence-corrected chi connectivity index (χ1v) is 8.88. The van der Waals surface area contributed by atoms with Gasteiger partial charge in [0.15, 0.2) is 6.61 Å². The molecule has 1 heterocycles. The minimum absolute atomic E-state index is 0.172. The van der Waals surface area contributed by atoms with E-state index in [1.54, 1.807) is 29.2 Å². The van der Waals surface area contributed by atoms with E-state index in [-0.39, 0.29) is 12.5 Å². The minimum Gasteiger partial charge on any atom is -0.452 e. The van der Waals surface area contributed by atoms with E-state index in [9.17, 15) is 9.59 Å². The fraction of sp³-hybridized carbons (Fsp3) is 0.200. The van der Waals surface area contributed by atoms with Crippen LogP contribution in [0.4, 0.5) is 0 Å². The fourth-order valence-electron chi connectivity index (χ4n) is 2.70. The molecular formula is C20H18BrNO3. The van der Waals surface area contributed by atoms with E-state index < -0.39 is 5.97 Å². The van der Waals surface area contributed by atoms with Gasteiger partial charge in [0.2, 0.25) is 0 Å². The summed E-state index contributed by atoms with van der Waals surface area (Å²) in [6.45, 7) is 0.942. The maximum atomic E-state index is 12.2. The second-order valence-corrected chi connectivity index (χ2v) is 6.68. The standard InChI is InChI=1S/C20H18BrNO3/c21-18-8-6-17(7-9-18)20(24)25-14-19(23)22-12-10-16(11-13-22)15-4-2-1-3-5-15/h1-10H,11-14H2. The minimum atomic E-state index is -0.488. The van der Waals surface area contributed by atoms with Gasteiger partial charge >= 0.3 is 5.97 Å². The van der Waals surface area contributed by atoms with Crippen molar-refractivity contribution in [2.75, 3.05) is 19.7 Å². The summed E-state index contributed by atoms with van der Waals surface area (Å²) in [7, 11) is 0. The van der Waals surface area contributed by atoms with E-state index in [2.05, 4.69) is 34.1 Å². The van der Waals surface area contributed by atoms with Gasteiger partial charge in [0.25, 0.3) is 5.91 Å². The van der Waals surface area contributed by atoms with Crippen molar-refractivity contribution >= 4 is 33.4 Å². The number of esters is 1. The van der Waals surface area contributed by atoms with Gasteiger partial charge in [-0.3, -0.25) is 4.79 Å². The molecule has 0 atom stereocenters. The summed E-state index contributed by atoms with van der Waals surface area (Å²) in [6, 6.07) is 17.0. The first-order chi connectivity index (χ1) is 12.1. The van der Waals surface area contributed by atoms with Crippen LogP contribution in [0.1, 0.15) is 22.3 Å². The van der Waals surface area contributed by atoms with Crippen molar-refractivity contribution in [3.63, 3.8) is 0 Å². The Balaban J connectivity index is 1.52. The van der Waals surface area contributed by atoms with E-state index >= 15 is 0 Å². The summed E-state index contributed by atoms with van der Waals surface area (Å²) in [4.78, 5) is 25.9. The SMILES string of the molecule is O=C(OCC(=O)N1CC=C(c2ccccc2)CC1)c1ccc(Br)cc1. The maximum Gasteiger partial charge on any atom is 0.338 e. The number of amides is 1. The number of halogens is 1. The molecule has 0 aliphatic carbocycles. The Labute approximate surface area is 155 Å². The number of hydrogen-bond acceptors (Lipinski definition) is 3. The molecule has 0 bridgehead atoms. The highest BCUT2D eigenvalue weighted by molar-refractivity contribution is 9.10. The lowest BCUT2D eigenvalue weighted by atomic mass is 10.00. The van der Waals surface area contributed by atoms with Crippen molar-refractivity contribution in [1.82, 2.24) is 4.90 Å². The molecule has 128 valence electrons. The lowest BCUT2D eigenvalue weighted by Crippen LogP contribution is -2.37. The molecule has 2 aromatic carbocycles. The van der Waals surface area contributed by atoms with Gasteiger partial charge in [-0.15, -0.1) is 0 Å². The highest BCUT2D eigenvalue weighted by atomic mass is 79.9. The number of carbonyl (C=O) groups is 2. The van der Waals surface area contributed by atoms with Crippen LogP contribution in [0.5, 0.6) is 0 Å². The van der Waals surface area contributed by atoms with Crippen molar-refractivity contribution < 1.29 is 14.3 Å². The first kappa shape index (κ1) is 17.4. The molecule has 2 aromatic rings. The van der Waals surface area contributed by atoms with E-state index in [1.807, 2.05) is 18.2 Å². The van der Waals surface area contributed by atoms with Crippen LogP contribution in [0.25, 0.3) is 5.57 Å². The molecule has 0 N–H and O–H groups in total. The van der Waals surface area contributed by atoms with Crippen molar-refractivity contribution in [2.45, 2.75) is 6.42 Å². The summed E-state index contributed by atoms with van der Waals surface area (Å²) in [6.07, 6.45) is 2.86. The number of nitrogens with zero attached hydrogens (tertiary/aromatic N) is 1. The van der Waals surface area contributed by atoms with Gasteiger partial charge in [0.1, 0.15) is 0 Å². The van der Waals surface area contributed by atoms with Crippen LogP contribution in [0.15, 0.2) is 65.1 Å².